The summed E-state index contributed by atoms with van der Waals surface area (Å²) in [6.07, 6.45) is 3.81. The molecule has 7 heteroatoms. The Hall–Kier alpha value is -3.32. The molecule has 1 aliphatic rings. The monoisotopic (exact) mass is 445 g/mol. The van der Waals surface area contributed by atoms with Crippen molar-refractivity contribution in [3.8, 4) is 0 Å². The maximum absolute atomic E-state index is 4.43. The maximum atomic E-state index is 4.43. The Balaban J connectivity index is 1.23. The Bertz CT molecular complexity index is 992. The highest BCUT2D eigenvalue weighted by Gasteiger charge is 2.21. The second-order valence-electron chi connectivity index (χ2n) is 8.49. The highest BCUT2D eigenvalue weighted by atomic mass is 15.3. The summed E-state index contributed by atoms with van der Waals surface area (Å²) >= 11 is 0. The zero-order chi connectivity index (χ0) is 22.9. The molecule has 3 aromatic rings. The number of hydrogen-bond acceptors (Lipinski definition) is 4. The van der Waals surface area contributed by atoms with Crippen LogP contribution in [0.4, 0.5) is 5.69 Å². The molecule has 4 rings (SSSR count). The van der Waals surface area contributed by atoms with E-state index in [1.165, 1.54) is 16.8 Å². The second kappa shape index (κ2) is 11.5. The van der Waals surface area contributed by atoms with Crippen LogP contribution in [-0.2, 0) is 13.1 Å². The first-order valence-electron chi connectivity index (χ1n) is 11.8. The minimum atomic E-state index is 0.438. The van der Waals surface area contributed by atoms with E-state index < -0.39 is 0 Å². The number of rotatable bonds is 8. The largest absolute Gasteiger partial charge is 0.369 e. The van der Waals surface area contributed by atoms with Gasteiger partial charge >= 0.3 is 0 Å². The Morgan fingerprint density at radius 2 is 1.67 bits per heavy atom. The lowest BCUT2D eigenvalue weighted by molar-refractivity contribution is 0.197. The number of benzene rings is 2. The van der Waals surface area contributed by atoms with Crippen molar-refractivity contribution in [3.63, 3.8) is 0 Å². The Kier molecular flexibility index (Phi) is 7.98. The van der Waals surface area contributed by atoms with Crippen LogP contribution in [0.5, 0.6) is 0 Å². The molecule has 174 valence electrons. The molecule has 0 spiro atoms. The molecule has 0 radical (unpaired) electrons. The fourth-order valence-corrected chi connectivity index (χ4v) is 4.29. The minimum absolute atomic E-state index is 0.438. The zero-order valence-electron chi connectivity index (χ0n) is 19.7. The van der Waals surface area contributed by atoms with Crippen molar-refractivity contribution >= 4 is 11.6 Å². The summed E-state index contributed by atoms with van der Waals surface area (Å²) in [5, 5.41) is 11.3. The lowest BCUT2D eigenvalue weighted by Gasteiger charge is -2.39. The van der Waals surface area contributed by atoms with Gasteiger partial charge in [0.2, 0.25) is 0 Å². The Labute approximate surface area is 197 Å². The number of aromatic nitrogens is 2. The van der Waals surface area contributed by atoms with E-state index in [9.17, 15) is 0 Å². The number of nitrogens with zero attached hydrogens (tertiary/aromatic N) is 5. The molecule has 0 aliphatic carbocycles. The predicted molar refractivity (Wildman–Crippen MR) is 136 cm³/mol. The third kappa shape index (κ3) is 6.35. The van der Waals surface area contributed by atoms with Gasteiger partial charge in [0.05, 0.1) is 6.54 Å². The van der Waals surface area contributed by atoms with E-state index in [1.807, 2.05) is 30.2 Å². The topological polar surface area (TPSA) is 60.7 Å². The van der Waals surface area contributed by atoms with E-state index in [2.05, 4.69) is 92.0 Å². The highest BCUT2D eigenvalue weighted by Crippen LogP contribution is 2.16. The zero-order valence-corrected chi connectivity index (χ0v) is 19.7. The van der Waals surface area contributed by atoms with Gasteiger partial charge in [-0.15, -0.1) is 0 Å². The molecule has 0 bridgehead atoms. The molecule has 7 nitrogen and oxygen atoms in total. The molecule has 1 aromatic heterocycles. The first-order valence-corrected chi connectivity index (χ1v) is 11.8. The van der Waals surface area contributed by atoms with Crippen LogP contribution in [-0.4, -0.2) is 66.5 Å². The molecule has 0 saturated carbocycles. The van der Waals surface area contributed by atoms with Crippen LogP contribution >= 0.6 is 0 Å². The average Bonchev–Trinajstić information content (AvgIpc) is 3.38. The summed E-state index contributed by atoms with van der Waals surface area (Å²) in [5.41, 5.74) is 3.83. The summed E-state index contributed by atoms with van der Waals surface area (Å²) in [4.78, 5) is 9.45. The first-order chi connectivity index (χ1) is 16.2. The molecule has 1 unspecified atom stereocenters. The van der Waals surface area contributed by atoms with Gasteiger partial charge in [-0.25, -0.2) is 0 Å². The maximum Gasteiger partial charge on any atom is 0.191 e. The number of piperazine rings is 1. The summed E-state index contributed by atoms with van der Waals surface area (Å²) < 4.78 is 1.95. The van der Waals surface area contributed by atoms with E-state index in [4.69, 9.17) is 0 Å². The number of hydrogen-bond donors (Lipinski definition) is 2. The van der Waals surface area contributed by atoms with Crippen LogP contribution in [0.1, 0.15) is 18.1 Å². The van der Waals surface area contributed by atoms with E-state index in [1.54, 1.807) is 0 Å². The van der Waals surface area contributed by atoms with Crippen molar-refractivity contribution < 1.29 is 0 Å². The smallest absolute Gasteiger partial charge is 0.191 e. The molecule has 2 heterocycles. The van der Waals surface area contributed by atoms with Crippen LogP contribution in [0.3, 0.4) is 0 Å². The van der Waals surface area contributed by atoms with E-state index in [0.29, 0.717) is 6.04 Å². The van der Waals surface area contributed by atoms with Crippen molar-refractivity contribution in [1.82, 2.24) is 25.3 Å². The van der Waals surface area contributed by atoms with Crippen molar-refractivity contribution in [2.24, 2.45) is 4.99 Å². The summed E-state index contributed by atoms with van der Waals surface area (Å²) in [6.45, 7) is 8.92. The Morgan fingerprint density at radius 3 is 2.36 bits per heavy atom. The fourth-order valence-electron chi connectivity index (χ4n) is 4.29. The molecule has 1 fully saturated rings. The lowest BCUT2D eigenvalue weighted by atomic mass is 10.1. The van der Waals surface area contributed by atoms with E-state index >= 15 is 0 Å². The van der Waals surface area contributed by atoms with Gasteiger partial charge in [0.25, 0.3) is 0 Å². The minimum Gasteiger partial charge on any atom is -0.369 e. The quantitative estimate of drug-likeness (QED) is 0.412. The molecular weight excluding hydrogens is 410 g/mol. The molecule has 1 atom stereocenters. The molecule has 2 aromatic carbocycles. The normalized spacial score (nSPS) is 15.9. The van der Waals surface area contributed by atoms with Gasteiger partial charge in [0, 0.05) is 70.4 Å². The van der Waals surface area contributed by atoms with Crippen LogP contribution in [0.2, 0.25) is 0 Å². The number of aliphatic imine (C=N–C) groups is 1. The average molecular weight is 446 g/mol. The fraction of sp³-hybridized carbons (Fsp3) is 0.385. The van der Waals surface area contributed by atoms with Gasteiger partial charge in [-0.05, 0) is 36.2 Å². The Morgan fingerprint density at radius 1 is 0.939 bits per heavy atom. The van der Waals surface area contributed by atoms with E-state index in [-0.39, 0.29) is 0 Å². The third-order valence-corrected chi connectivity index (χ3v) is 6.30. The third-order valence-electron chi connectivity index (χ3n) is 6.30. The molecule has 33 heavy (non-hydrogen) atoms. The number of guanidine groups is 1. The molecule has 1 aliphatic heterocycles. The van der Waals surface area contributed by atoms with E-state index in [0.717, 1.165) is 51.8 Å². The molecule has 1 saturated heterocycles. The molecular formula is C26H35N7. The van der Waals surface area contributed by atoms with Crippen LogP contribution in [0, 0.1) is 0 Å². The first kappa shape index (κ1) is 22.9. The standard InChI is InChI=1S/C26H35N7/c1-22(31-15-17-32(18-16-31)25-11-4-3-5-12-25)19-28-26(27-2)29-20-23-9-6-7-10-24(23)21-33-14-8-13-30-33/h3-14,22H,15-21H2,1-2H3,(H2,27,28,29). The number of nitrogens with one attached hydrogen (secondary N) is 2. The van der Waals surface area contributed by atoms with Gasteiger partial charge in [0.15, 0.2) is 5.96 Å². The van der Waals surface area contributed by atoms with Crippen molar-refractivity contribution in [1.29, 1.82) is 0 Å². The van der Waals surface area contributed by atoms with Crippen LogP contribution in [0.25, 0.3) is 0 Å². The molecule has 2 N–H and O–H groups in total. The summed E-state index contributed by atoms with van der Waals surface area (Å²) in [7, 11) is 1.83. The summed E-state index contributed by atoms with van der Waals surface area (Å²) in [6, 6.07) is 21.6. The predicted octanol–water partition coefficient (Wildman–Crippen LogP) is 2.81. The number of anilines is 1. The summed E-state index contributed by atoms with van der Waals surface area (Å²) in [5.74, 6) is 0.832. The second-order valence-corrected chi connectivity index (χ2v) is 8.49. The number of para-hydroxylation sites is 1. The van der Waals surface area contributed by atoms with Crippen molar-refractivity contribution in [2.75, 3.05) is 44.7 Å². The van der Waals surface area contributed by atoms with Crippen LogP contribution in [0.15, 0.2) is 78.0 Å². The van der Waals surface area contributed by atoms with Crippen LogP contribution < -0.4 is 15.5 Å². The van der Waals surface area contributed by atoms with Crippen molar-refractivity contribution in [2.45, 2.75) is 26.1 Å². The van der Waals surface area contributed by atoms with Gasteiger partial charge in [-0.2, -0.15) is 5.10 Å². The highest BCUT2D eigenvalue weighted by molar-refractivity contribution is 5.79. The lowest BCUT2D eigenvalue weighted by Crippen LogP contribution is -2.53. The van der Waals surface area contributed by atoms with Gasteiger partial charge < -0.3 is 15.5 Å². The van der Waals surface area contributed by atoms with Crippen molar-refractivity contribution in [3.05, 3.63) is 84.2 Å². The van der Waals surface area contributed by atoms with Gasteiger partial charge in [-0.1, -0.05) is 42.5 Å². The van der Waals surface area contributed by atoms with Gasteiger partial charge in [-0.3, -0.25) is 14.6 Å². The SMILES string of the molecule is CN=C(NCc1ccccc1Cn1cccn1)NCC(C)N1CCN(c2ccccc2)CC1. The molecule has 0 amide bonds. The van der Waals surface area contributed by atoms with Gasteiger partial charge in [0.1, 0.15) is 0 Å².